The Morgan fingerprint density at radius 1 is 1.77 bits per heavy atom. The summed E-state index contributed by atoms with van der Waals surface area (Å²) in [5, 5.41) is 1.96. The Labute approximate surface area is 90.0 Å². The van der Waals surface area contributed by atoms with Crippen molar-refractivity contribution in [3.05, 3.63) is 20.8 Å². The normalized spacial score (nSPS) is 12.8. The van der Waals surface area contributed by atoms with Gasteiger partial charge in [-0.25, -0.2) is 0 Å². The quantitative estimate of drug-likeness (QED) is 0.834. The fourth-order valence-corrected chi connectivity index (χ4v) is 2.39. The van der Waals surface area contributed by atoms with Gasteiger partial charge >= 0.3 is 0 Å². The summed E-state index contributed by atoms with van der Waals surface area (Å²) in [4.78, 5) is 12.5. The Morgan fingerprint density at radius 3 is 2.92 bits per heavy atom. The minimum atomic E-state index is -0.311. The van der Waals surface area contributed by atoms with Crippen LogP contribution in [0.15, 0.2) is 15.9 Å². The molecule has 0 spiro atoms. The van der Waals surface area contributed by atoms with Crippen LogP contribution in [0.3, 0.4) is 0 Å². The Morgan fingerprint density at radius 2 is 2.46 bits per heavy atom. The van der Waals surface area contributed by atoms with Gasteiger partial charge in [-0.1, -0.05) is 0 Å². The van der Waals surface area contributed by atoms with Gasteiger partial charge in [0.25, 0.3) is 0 Å². The van der Waals surface area contributed by atoms with E-state index in [1.54, 1.807) is 25.4 Å². The number of methoxy groups -OCH3 is 1. The Bertz CT molecular complexity index is 296. The number of ether oxygens (including phenoxy) is 1. The molecule has 2 nitrogen and oxygen atoms in total. The van der Waals surface area contributed by atoms with Gasteiger partial charge < -0.3 is 4.74 Å². The van der Waals surface area contributed by atoms with Crippen LogP contribution in [0, 0.1) is 0 Å². The molecule has 1 unspecified atom stereocenters. The van der Waals surface area contributed by atoms with E-state index in [1.807, 2.05) is 11.4 Å². The second-order valence-electron chi connectivity index (χ2n) is 2.71. The zero-order chi connectivity index (χ0) is 9.84. The van der Waals surface area contributed by atoms with Crippen LogP contribution in [0.4, 0.5) is 0 Å². The van der Waals surface area contributed by atoms with E-state index in [0.29, 0.717) is 6.42 Å². The molecule has 0 aliphatic heterocycles. The molecule has 0 fully saturated rings. The van der Waals surface area contributed by atoms with Gasteiger partial charge in [-0.2, -0.15) is 0 Å². The van der Waals surface area contributed by atoms with Crippen LogP contribution in [-0.4, -0.2) is 19.0 Å². The molecule has 1 aromatic rings. The molecule has 1 rings (SSSR count). The molecule has 0 saturated heterocycles. The first kappa shape index (κ1) is 10.9. The monoisotopic (exact) mass is 262 g/mol. The maximum atomic E-state index is 11.5. The van der Waals surface area contributed by atoms with Crippen LogP contribution in [-0.2, 0) is 16.0 Å². The van der Waals surface area contributed by atoms with Crippen LogP contribution < -0.4 is 0 Å². The van der Waals surface area contributed by atoms with Crippen molar-refractivity contribution in [2.75, 3.05) is 7.11 Å². The molecule has 0 amide bonds. The third kappa shape index (κ3) is 2.90. The molecule has 0 radical (unpaired) electrons. The maximum Gasteiger partial charge on any atom is 0.166 e. The van der Waals surface area contributed by atoms with Gasteiger partial charge in [-0.05, 0) is 34.3 Å². The first-order valence-electron chi connectivity index (χ1n) is 3.92. The molecule has 13 heavy (non-hydrogen) atoms. The Hall–Kier alpha value is -0.190. The highest BCUT2D eigenvalue weighted by molar-refractivity contribution is 9.10. The first-order valence-corrected chi connectivity index (χ1v) is 5.59. The molecule has 0 aliphatic rings. The summed E-state index contributed by atoms with van der Waals surface area (Å²) in [7, 11) is 1.55. The van der Waals surface area contributed by atoms with Crippen LogP contribution in [0.25, 0.3) is 0 Å². The molecule has 72 valence electrons. The fourth-order valence-electron chi connectivity index (χ4n) is 0.885. The maximum absolute atomic E-state index is 11.5. The number of Topliss-reactive ketones (excluding diaryl/α,β-unsaturated/α-hetero) is 1. The van der Waals surface area contributed by atoms with Crippen LogP contribution >= 0.6 is 27.3 Å². The lowest BCUT2D eigenvalue weighted by molar-refractivity contribution is -0.127. The molecule has 0 N–H and O–H groups in total. The van der Waals surface area contributed by atoms with Crippen molar-refractivity contribution in [3.63, 3.8) is 0 Å². The molecule has 1 heterocycles. The standard InChI is InChI=1S/C9H11BrO2S/c1-6(12-2)8(11)5-9-7(10)3-4-13-9/h3-4,6H,5H2,1-2H3. The number of hydrogen-bond donors (Lipinski definition) is 0. The number of carbonyl (C=O) groups excluding carboxylic acids is 1. The van der Waals surface area contributed by atoms with Gasteiger partial charge in [0.05, 0.1) is 0 Å². The third-order valence-electron chi connectivity index (χ3n) is 1.83. The third-order valence-corrected chi connectivity index (χ3v) is 3.76. The van der Waals surface area contributed by atoms with Crippen LogP contribution in [0.5, 0.6) is 0 Å². The van der Waals surface area contributed by atoms with Gasteiger partial charge in [0.1, 0.15) is 6.10 Å². The molecule has 0 aliphatic carbocycles. The summed E-state index contributed by atoms with van der Waals surface area (Å²) in [5.41, 5.74) is 0. The van der Waals surface area contributed by atoms with Crippen molar-refractivity contribution in [2.45, 2.75) is 19.4 Å². The minimum Gasteiger partial charge on any atom is -0.374 e. The zero-order valence-corrected chi connectivity index (χ0v) is 9.94. The summed E-state index contributed by atoms with van der Waals surface area (Å²) >= 11 is 4.97. The summed E-state index contributed by atoms with van der Waals surface area (Å²) < 4.78 is 5.95. The topological polar surface area (TPSA) is 26.3 Å². The average molecular weight is 263 g/mol. The predicted octanol–water partition coefficient (Wildman–Crippen LogP) is 2.66. The summed E-state index contributed by atoms with van der Waals surface area (Å²) in [5.74, 6) is 0.116. The number of thiophene rings is 1. The second kappa shape index (κ2) is 4.88. The lowest BCUT2D eigenvalue weighted by Crippen LogP contribution is -2.20. The smallest absolute Gasteiger partial charge is 0.166 e. The lowest BCUT2D eigenvalue weighted by Gasteiger charge is -2.06. The van der Waals surface area contributed by atoms with E-state index in [-0.39, 0.29) is 11.9 Å². The lowest BCUT2D eigenvalue weighted by atomic mass is 10.2. The molecule has 4 heteroatoms. The van der Waals surface area contributed by atoms with Crippen molar-refractivity contribution in [1.29, 1.82) is 0 Å². The molecule has 0 aromatic carbocycles. The molecule has 0 saturated carbocycles. The number of carbonyl (C=O) groups is 1. The van der Waals surface area contributed by atoms with E-state index in [4.69, 9.17) is 4.74 Å². The fraction of sp³-hybridized carbons (Fsp3) is 0.444. The number of rotatable bonds is 4. The van der Waals surface area contributed by atoms with Crippen molar-refractivity contribution in [1.82, 2.24) is 0 Å². The van der Waals surface area contributed by atoms with Crippen LogP contribution in [0.1, 0.15) is 11.8 Å². The summed E-state index contributed by atoms with van der Waals surface area (Å²) in [6.45, 7) is 1.77. The average Bonchev–Trinajstić information content (AvgIpc) is 2.50. The van der Waals surface area contributed by atoms with Crippen molar-refractivity contribution < 1.29 is 9.53 Å². The van der Waals surface area contributed by atoms with Crippen molar-refractivity contribution in [3.8, 4) is 0 Å². The molecular weight excluding hydrogens is 252 g/mol. The van der Waals surface area contributed by atoms with Gasteiger partial charge in [-0.3, -0.25) is 4.79 Å². The first-order chi connectivity index (χ1) is 6.15. The summed E-state index contributed by atoms with van der Waals surface area (Å²) in [6, 6.07) is 1.95. The SMILES string of the molecule is COC(C)C(=O)Cc1sccc1Br. The van der Waals surface area contributed by atoms with E-state index in [9.17, 15) is 4.79 Å². The predicted molar refractivity (Wildman–Crippen MR) is 57.2 cm³/mol. The molecule has 0 bridgehead atoms. The largest absolute Gasteiger partial charge is 0.374 e. The van der Waals surface area contributed by atoms with Crippen LogP contribution in [0.2, 0.25) is 0 Å². The highest BCUT2D eigenvalue weighted by Crippen LogP contribution is 2.23. The van der Waals surface area contributed by atoms with E-state index >= 15 is 0 Å². The van der Waals surface area contributed by atoms with E-state index in [2.05, 4.69) is 15.9 Å². The van der Waals surface area contributed by atoms with E-state index in [0.717, 1.165) is 9.35 Å². The number of ketones is 1. The molecule has 1 aromatic heterocycles. The summed E-state index contributed by atoms with van der Waals surface area (Å²) in [6.07, 6.45) is 0.141. The van der Waals surface area contributed by atoms with E-state index in [1.165, 1.54) is 0 Å². The van der Waals surface area contributed by atoms with Gasteiger partial charge in [-0.15, -0.1) is 11.3 Å². The van der Waals surface area contributed by atoms with Gasteiger partial charge in [0.15, 0.2) is 5.78 Å². The molecule has 1 atom stereocenters. The van der Waals surface area contributed by atoms with E-state index < -0.39 is 0 Å². The Balaban J connectivity index is 2.60. The van der Waals surface area contributed by atoms with Gasteiger partial charge in [0, 0.05) is 22.9 Å². The van der Waals surface area contributed by atoms with Gasteiger partial charge in [0.2, 0.25) is 0 Å². The van der Waals surface area contributed by atoms with Crippen molar-refractivity contribution >= 4 is 33.0 Å². The zero-order valence-electron chi connectivity index (χ0n) is 7.54. The highest BCUT2D eigenvalue weighted by Gasteiger charge is 2.14. The second-order valence-corrected chi connectivity index (χ2v) is 4.57. The molecular formula is C9H11BrO2S. The minimum absolute atomic E-state index is 0.116. The Kier molecular flexibility index (Phi) is 4.09. The highest BCUT2D eigenvalue weighted by atomic mass is 79.9. The number of hydrogen-bond acceptors (Lipinski definition) is 3. The van der Waals surface area contributed by atoms with Crippen molar-refractivity contribution in [2.24, 2.45) is 0 Å². The number of halogens is 1.